The van der Waals surface area contributed by atoms with Gasteiger partial charge in [0.2, 0.25) is 0 Å². The molecule has 2 heterocycles. The zero-order valence-corrected chi connectivity index (χ0v) is 14.0. The predicted octanol–water partition coefficient (Wildman–Crippen LogP) is 3.39. The second-order valence-corrected chi connectivity index (χ2v) is 6.91. The summed E-state index contributed by atoms with van der Waals surface area (Å²) in [7, 11) is 0. The Kier molecular flexibility index (Phi) is 5.77. The molecule has 122 valence electrons. The maximum Gasteiger partial charge on any atom is 0.261 e. The third-order valence-electron chi connectivity index (χ3n) is 4.38. The van der Waals surface area contributed by atoms with Crippen LogP contribution in [-0.4, -0.2) is 24.0 Å². The molecule has 0 spiro atoms. The molecule has 2 N–H and O–H groups in total. The van der Waals surface area contributed by atoms with E-state index in [0.717, 1.165) is 23.5 Å². The normalized spacial score (nSPS) is 15.8. The predicted molar refractivity (Wildman–Crippen MR) is 93.6 cm³/mol. The Morgan fingerprint density at radius 2 is 2.17 bits per heavy atom. The number of hydrogen-bond acceptors (Lipinski definition) is 4. The molecule has 1 aliphatic rings. The third-order valence-corrected chi connectivity index (χ3v) is 5.24. The fourth-order valence-electron chi connectivity index (χ4n) is 2.89. The molecule has 2 aromatic rings. The van der Waals surface area contributed by atoms with Crippen molar-refractivity contribution in [3.8, 4) is 0 Å². The van der Waals surface area contributed by atoms with E-state index in [-0.39, 0.29) is 5.91 Å². The molecule has 4 nitrogen and oxygen atoms in total. The Labute approximate surface area is 141 Å². The average molecular weight is 329 g/mol. The summed E-state index contributed by atoms with van der Waals surface area (Å²) in [6, 6.07) is 10.2. The highest BCUT2D eigenvalue weighted by Gasteiger charge is 2.28. The molecular formula is C18H23N3OS. The Balaban J connectivity index is 1.42. The van der Waals surface area contributed by atoms with Crippen LogP contribution in [0.3, 0.4) is 0 Å². The smallest absolute Gasteiger partial charge is 0.261 e. The van der Waals surface area contributed by atoms with Crippen molar-refractivity contribution < 1.29 is 4.79 Å². The number of nitrogens with zero attached hydrogens (tertiary/aromatic N) is 1. The molecule has 1 saturated carbocycles. The van der Waals surface area contributed by atoms with Gasteiger partial charge < -0.3 is 10.6 Å². The number of rotatable bonds is 8. The van der Waals surface area contributed by atoms with Gasteiger partial charge in [0.1, 0.15) is 0 Å². The van der Waals surface area contributed by atoms with E-state index in [0.29, 0.717) is 18.5 Å². The van der Waals surface area contributed by atoms with Crippen LogP contribution < -0.4 is 10.6 Å². The van der Waals surface area contributed by atoms with Gasteiger partial charge in [0.15, 0.2) is 0 Å². The monoisotopic (exact) mass is 329 g/mol. The molecule has 1 fully saturated rings. The molecule has 23 heavy (non-hydrogen) atoms. The van der Waals surface area contributed by atoms with Crippen molar-refractivity contribution in [3.05, 3.63) is 52.5 Å². The molecular weight excluding hydrogens is 306 g/mol. The number of aromatic nitrogens is 1. The van der Waals surface area contributed by atoms with Gasteiger partial charge in [-0.2, -0.15) is 0 Å². The molecule has 0 aromatic carbocycles. The highest BCUT2D eigenvalue weighted by Crippen LogP contribution is 2.36. The van der Waals surface area contributed by atoms with Crippen LogP contribution in [0.2, 0.25) is 0 Å². The Morgan fingerprint density at radius 3 is 2.83 bits per heavy atom. The summed E-state index contributed by atoms with van der Waals surface area (Å²) < 4.78 is 0. The molecule has 2 aromatic heterocycles. The van der Waals surface area contributed by atoms with Crippen molar-refractivity contribution in [1.82, 2.24) is 15.6 Å². The maximum absolute atomic E-state index is 11.9. The summed E-state index contributed by atoms with van der Waals surface area (Å²) in [4.78, 5) is 17.1. The van der Waals surface area contributed by atoms with Crippen LogP contribution in [0.25, 0.3) is 0 Å². The number of carbonyl (C=O) groups excluding carboxylic acids is 1. The number of hydrogen-bond donors (Lipinski definition) is 2. The van der Waals surface area contributed by atoms with E-state index in [1.54, 1.807) is 0 Å². The van der Waals surface area contributed by atoms with E-state index in [9.17, 15) is 4.79 Å². The van der Waals surface area contributed by atoms with E-state index < -0.39 is 0 Å². The Bertz CT molecular complexity index is 596. The first-order chi connectivity index (χ1) is 11.3. The summed E-state index contributed by atoms with van der Waals surface area (Å²) in [6.07, 6.45) is 6.68. The van der Waals surface area contributed by atoms with Gasteiger partial charge in [0.05, 0.1) is 16.6 Å². The number of thiophene rings is 1. The molecule has 5 heteroatoms. The molecule has 1 unspecified atom stereocenters. The van der Waals surface area contributed by atoms with Crippen molar-refractivity contribution in [2.75, 3.05) is 13.1 Å². The minimum atomic E-state index is 0.0280. The van der Waals surface area contributed by atoms with Crippen molar-refractivity contribution in [2.45, 2.75) is 31.7 Å². The zero-order valence-electron chi connectivity index (χ0n) is 13.2. The highest BCUT2D eigenvalue weighted by atomic mass is 32.1. The standard InChI is InChI=1S/C18H23N3OS/c22-18(16-9-4-13-23-16)21-12-5-11-20-17(14-6-3-7-14)15-8-1-2-10-19-15/h1-2,4,8-10,13-14,17,20H,3,5-7,11-12H2,(H,21,22). The largest absolute Gasteiger partial charge is 0.351 e. The SMILES string of the molecule is O=C(NCCCNC(c1ccccn1)C1CCC1)c1cccs1. The minimum Gasteiger partial charge on any atom is -0.351 e. The molecule has 0 bridgehead atoms. The zero-order chi connectivity index (χ0) is 15.9. The molecule has 0 radical (unpaired) electrons. The van der Waals surface area contributed by atoms with Crippen molar-refractivity contribution >= 4 is 17.2 Å². The van der Waals surface area contributed by atoms with Crippen LogP contribution in [-0.2, 0) is 0 Å². The van der Waals surface area contributed by atoms with Gasteiger partial charge in [-0.25, -0.2) is 0 Å². The van der Waals surface area contributed by atoms with E-state index in [4.69, 9.17) is 0 Å². The van der Waals surface area contributed by atoms with Crippen LogP contribution in [0.5, 0.6) is 0 Å². The lowest BCUT2D eigenvalue weighted by Crippen LogP contribution is -2.34. The topological polar surface area (TPSA) is 54.0 Å². The average Bonchev–Trinajstić information content (AvgIpc) is 3.07. The van der Waals surface area contributed by atoms with Gasteiger partial charge >= 0.3 is 0 Å². The fourth-order valence-corrected chi connectivity index (χ4v) is 3.53. The van der Waals surface area contributed by atoms with Gasteiger partial charge in [0, 0.05) is 12.7 Å². The Morgan fingerprint density at radius 1 is 1.26 bits per heavy atom. The third kappa shape index (κ3) is 4.39. The fraction of sp³-hybridized carbons (Fsp3) is 0.444. The van der Waals surface area contributed by atoms with Crippen LogP contribution >= 0.6 is 11.3 Å². The van der Waals surface area contributed by atoms with Gasteiger partial charge in [0.25, 0.3) is 5.91 Å². The summed E-state index contributed by atoms with van der Waals surface area (Å²) >= 11 is 1.48. The summed E-state index contributed by atoms with van der Waals surface area (Å²) in [5.74, 6) is 0.728. The number of carbonyl (C=O) groups is 1. The van der Waals surface area contributed by atoms with E-state index in [2.05, 4.69) is 27.8 Å². The van der Waals surface area contributed by atoms with Crippen LogP contribution in [0.1, 0.15) is 47.1 Å². The lowest BCUT2D eigenvalue weighted by molar-refractivity contribution is 0.0957. The molecule has 0 aliphatic heterocycles. The number of pyridine rings is 1. The molecule has 1 amide bonds. The van der Waals surface area contributed by atoms with Crippen molar-refractivity contribution in [2.24, 2.45) is 5.92 Å². The summed E-state index contributed by atoms with van der Waals surface area (Å²) in [5, 5.41) is 8.53. The van der Waals surface area contributed by atoms with Gasteiger partial charge in [-0.1, -0.05) is 18.6 Å². The van der Waals surface area contributed by atoms with Gasteiger partial charge in [-0.05, 0) is 55.3 Å². The van der Waals surface area contributed by atoms with Crippen LogP contribution in [0.4, 0.5) is 0 Å². The molecule has 1 aliphatic carbocycles. The Hall–Kier alpha value is -1.72. The van der Waals surface area contributed by atoms with E-state index in [1.165, 1.54) is 30.6 Å². The van der Waals surface area contributed by atoms with Crippen LogP contribution in [0.15, 0.2) is 41.9 Å². The van der Waals surface area contributed by atoms with Gasteiger partial charge in [-0.15, -0.1) is 11.3 Å². The van der Waals surface area contributed by atoms with Gasteiger partial charge in [-0.3, -0.25) is 9.78 Å². The van der Waals surface area contributed by atoms with Crippen molar-refractivity contribution in [1.29, 1.82) is 0 Å². The van der Waals surface area contributed by atoms with Crippen LogP contribution in [0, 0.1) is 5.92 Å². The van der Waals surface area contributed by atoms with E-state index >= 15 is 0 Å². The number of nitrogens with one attached hydrogen (secondary N) is 2. The first-order valence-corrected chi connectivity index (χ1v) is 9.18. The lowest BCUT2D eigenvalue weighted by Gasteiger charge is -2.34. The van der Waals surface area contributed by atoms with Crippen molar-refractivity contribution in [3.63, 3.8) is 0 Å². The minimum absolute atomic E-state index is 0.0280. The summed E-state index contributed by atoms with van der Waals surface area (Å²) in [5.41, 5.74) is 1.14. The molecule has 0 saturated heterocycles. The summed E-state index contributed by atoms with van der Waals surface area (Å²) in [6.45, 7) is 1.59. The number of amides is 1. The second kappa shape index (κ2) is 8.22. The first-order valence-electron chi connectivity index (χ1n) is 8.30. The maximum atomic E-state index is 11.9. The highest BCUT2D eigenvalue weighted by molar-refractivity contribution is 7.12. The molecule has 3 rings (SSSR count). The lowest BCUT2D eigenvalue weighted by atomic mass is 9.78. The quantitative estimate of drug-likeness (QED) is 0.730. The van der Waals surface area contributed by atoms with E-state index in [1.807, 2.05) is 29.8 Å². The molecule has 1 atom stereocenters. The second-order valence-electron chi connectivity index (χ2n) is 5.96. The first kappa shape index (κ1) is 16.1.